The van der Waals surface area contributed by atoms with E-state index in [1.165, 1.54) is 12.3 Å². The monoisotopic (exact) mass is 350 g/mol. The lowest BCUT2D eigenvalue weighted by atomic mass is 10.3. The van der Waals surface area contributed by atoms with Crippen molar-refractivity contribution in [3.63, 3.8) is 0 Å². The van der Waals surface area contributed by atoms with Crippen LogP contribution in [0.1, 0.15) is 10.5 Å². The number of hydrogen-bond acceptors (Lipinski definition) is 7. The van der Waals surface area contributed by atoms with Crippen LogP contribution in [0.25, 0.3) is 23.2 Å². The Bertz CT molecular complexity index is 991. The van der Waals surface area contributed by atoms with Gasteiger partial charge >= 0.3 is 0 Å². The van der Waals surface area contributed by atoms with Gasteiger partial charge in [0.1, 0.15) is 0 Å². The molecular formula is C17H14N6O3. The number of imidazole rings is 1. The van der Waals surface area contributed by atoms with E-state index in [1.54, 1.807) is 36.8 Å². The molecule has 4 aromatic rings. The number of nitrogens with zero attached hydrogens (tertiary/aromatic N) is 5. The van der Waals surface area contributed by atoms with E-state index in [2.05, 4.69) is 25.4 Å². The van der Waals surface area contributed by atoms with Crippen LogP contribution in [0.4, 0.5) is 0 Å². The van der Waals surface area contributed by atoms with Crippen LogP contribution >= 0.6 is 0 Å². The maximum absolute atomic E-state index is 12.2. The zero-order valence-electron chi connectivity index (χ0n) is 13.6. The highest BCUT2D eigenvalue weighted by atomic mass is 16.5. The number of furan rings is 1. The maximum atomic E-state index is 12.2. The van der Waals surface area contributed by atoms with Gasteiger partial charge in [-0.3, -0.25) is 4.79 Å². The summed E-state index contributed by atoms with van der Waals surface area (Å²) < 4.78 is 12.2. The molecule has 0 radical (unpaired) electrons. The molecule has 0 bridgehead atoms. The van der Waals surface area contributed by atoms with Crippen molar-refractivity contribution in [1.82, 2.24) is 30.0 Å². The molecular weight excluding hydrogens is 336 g/mol. The molecule has 4 rings (SSSR count). The highest BCUT2D eigenvalue weighted by Crippen LogP contribution is 2.20. The molecule has 9 heteroatoms. The Morgan fingerprint density at radius 1 is 1.12 bits per heavy atom. The Morgan fingerprint density at radius 2 is 2.00 bits per heavy atom. The second-order valence-corrected chi connectivity index (χ2v) is 5.33. The summed E-state index contributed by atoms with van der Waals surface area (Å²) in [7, 11) is 0. The normalized spacial score (nSPS) is 10.8. The molecule has 1 N–H and O–H groups in total. The molecule has 4 aromatic heterocycles. The largest absolute Gasteiger partial charge is 0.461 e. The number of carbonyl (C=O) groups excluding carboxylic acids is 1. The second-order valence-electron chi connectivity index (χ2n) is 5.33. The van der Waals surface area contributed by atoms with E-state index in [4.69, 9.17) is 8.94 Å². The standard InChI is InChI=1S/C17H14N6O3/c24-17(12-11-14(26-22-12)13-3-1-10-25-13)21-7-9-23-8-6-20-16(23)15-18-4-2-5-19-15/h1-6,8,10-11H,7,9H2,(H,21,24). The molecule has 0 atom stereocenters. The molecule has 0 aromatic carbocycles. The SMILES string of the molecule is O=C(NCCn1ccnc1-c1ncccn1)c1cc(-c2ccco2)on1. The third kappa shape index (κ3) is 3.22. The van der Waals surface area contributed by atoms with Crippen molar-refractivity contribution in [2.24, 2.45) is 0 Å². The minimum atomic E-state index is -0.329. The first kappa shape index (κ1) is 15.8. The quantitative estimate of drug-likeness (QED) is 0.566. The minimum absolute atomic E-state index is 0.189. The van der Waals surface area contributed by atoms with Crippen LogP contribution in [0.15, 0.2) is 64.3 Å². The second kappa shape index (κ2) is 7.01. The van der Waals surface area contributed by atoms with Crippen molar-refractivity contribution in [2.75, 3.05) is 6.54 Å². The summed E-state index contributed by atoms with van der Waals surface area (Å²) in [6, 6.07) is 6.74. The van der Waals surface area contributed by atoms with Crippen LogP contribution in [0, 0.1) is 0 Å². The predicted molar refractivity (Wildman–Crippen MR) is 89.8 cm³/mol. The number of hydrogen-bond donors (Lipinski definition) is 1. The van der Waals surface area contributed by atoms with Gasteiger partial charge in [-0.1, -0.05) is 5.16 Å². The summed E-state index contributed by atoms with van der Waals surface area (Å²) in [6.45, 7) is 0.903. The Hall–Kier alpha value is -3.75. The van der Waals surface area contributed by atoms with Crippen molar-refractivity contribution < 1.29 is 13.7 Å². The van der Waals surface area contributed by atoms with Crippen LogP contribution in [0.5, 0.6) is 0 Å². The molecule has 0 unspecified atom stereocenters. The zero-order chi connectivity index (χ0) is 17.8. The van der Waals surface area contributed by atoms with Crippen LogP contribution in [-0.2, 0) is 6.54 Å². The van der Waals surface area contributed by atoms with Crippen LogP contribution in [-0.4, -0.2) is 37.1 Å². The van der Waals surface area contributed by atoms with Gasteiger partial charge in [-0.25, -0.2) is 15.0 Å². The number of nitrogens with one attached hydrogen (secondary N) is 1. The Labute approximate surface area is 147 Å². The fourth-order valence-electron chi connectivity index (χ4n) is 2.41. The molecule has 9 nitrogen and oxygen atoms in total. The third-order valence-electron chi connectivity index (χ3n) is 3.63. The maximum Gasteiger partial charge on any atom is 0.273 e. The average Bonchev–Trinajstić information content (AvgIpc) is 3.42. The topological polar surface area (TPSA) is 112 Å². The van der Waals surface area contributed by atoms with E-state index in [9.17, 15) is 4.79 Å². The predicted octanol–water partition coefficient (Wildman–Crippen LogP) is 2.02. The Kier molecular flexibility index (Phi) is 4.25. The summed E-state index contributed by atoms with van der Waals surface area (Å²) in [5.41, 5.74) is 0.189. The van der Waals surface area contributed by atoms with Crippen molar-refractivity contribution in [2.45, 2.75) is 6.54 Å². The third-order valence-corrected chi connectivity index (χ3v) is 3.63. The molecule has 0 spiro atoms. The highest BCUT2D eigenvalue weighted by molar-refractivity contribution is 5.92. The van der Waals surface area contributed by atoms with Gasteiger partial charge in [-0.05, 0) is 18.2 Å². The van der Waals surface area contributed by atoms with Crippen molar-refractivity contribution >= 4 is 5.91 Å². The smallest absolute Gasteiger partial charge is 0.273 e. The molecule has 0 aliphatic heterocycles. The van der Waals surface area contributed by atoms with Crippen molar-refractivity contribution in [3.8, 4) is 23.2 Å². The van der Waals surface area contributed by atoms with Crippen LogP contribution < -0.4 is 5.32 Å². The van der Waals surface area contributed by atoms with Gasteiger partial charge < -0.3 is 18.8 Å². The van der Waals surface area contributed by atoms with Gasteiger partial charge in [0.2, 0.25) is 5.76 Å². The van der Waals surface area contributed by atoms with E-state index in [0.29, 0.717) is 36.3 Å². The summed E-state index contributed by atoms with van der Waals surface area (Å²) in [5, 5.41) is 6.56. The molecule has 0 saturated carbocycles. The van der Waals surface area contributed by atoms with Gasteiger partial charge in [0.15, 0.2) is 23.1 Å². The summed E-state index contributed by atoms with van der Waals surface area (Å²) >= 11 is 0. The lowest BCUT2D eigenvalue weighted by Gasteiger charge is -2.07. The number of aromatic nitrogens is 5. The fraction of sp³-hybridized carbons (Fsp3) is 0.118. The lowest BCUT2D eigenvalue weighted by molar-refractivity contribution is 0.0943. The zero-order valence-corrected chi connectivity index (χ0v) is 13.6. The van der Waals surface area contributed by atoms with Crippen molar-refractivity contribution in [1.29, 1.82) is 0 Å². The molecule has 4 heterocycles. The van der Waals surface area contributed by atoms with E-state index < -0.39 is 0 Å². The minimum Gasteiger partial charge on any atom is -0.461 e. The van der Waals surface area contributed by atoms with E-state index in [0.717, 1.165) is 0 Å². The van der Waals surface area contributed by atoms with Gasteiger partial charge in [-0.15, -0.1) is 0 Å². The molecule has 0 aliphatic rings. The van der Waals surface area contributed by atoms with E-state index in [1.807, 2.05) is 10.8 Å². The molecule has 1 amide bonds. The van der Waals surface area contributed by atoms with Gasteiger partial charge in [0.05, 0.1) is 6.26 Å². The Balaban J connectivity index is 1.37. The number of rotatable bonds is 6. The van der Waals surface area contributed by atoms with Gasteiger partial charge in [-0.2, -0.15) is 0 Å². The lowest BCUT2D eigenvalue weighted by Crippen LogP contribution is -2.27. The highest BCUT2D eigenvalue weighted by Gasteiger charge is 2.15. The van der Waals surface area contributed by atoms with Crippen molar-refractivity contribution in [3.05, 3.63) is 61.0 Å². The number of amides is 1. The Morgan fingerprint density at radius 3 is 2.81 bits per heavy atom. The van der Waals surface area contributed by atoms with Crippen LogP contribution in [0.3, 0.4) is 0 Å². The average molecular weight is 350 g/mol. The first-order valence-electron chi connectivity index (χ1n) is 7.88. The molecule has 0 fully saturated rings. The first-order valence-corrected chi connectivity index (χ1v) is 7.88. The summed E-state index contributed by atoms with van der Waals surface area (Å²) in [5.74, 6) is 1.76. The van der Waals surface area contributed by atoms with Gasteiger partial charge in [0, 0.05) is 43.9 Å². The molecule has 0 saturated heterocycles. The molecule has 0 aliphatic carbocycles. The van der Waals surface area contributed by atoms with Gasteiger partial charge in [0.25, 0.3) is 5.91 Å². The van der Waals surface area contributed by atoms with E-state index >= 15 is 0 Å². The summed E-state index contributed by atoms with van der Waals surface area (Å²) in [6.07, 6.45) is 8.31. The van der Waals surface area contributed by atoms with Crippen LogP contribution in [0.2, 0.25) is 0 Å². The molecule has 130 valence electrons. The fourth-order valence-corrected chi connectivity index (χ4v) is 2.41. The summed E-state index contributed by atoms with van der Waals surface area (Å²) in [4.78, 5) is 24.8. The van der Waals surface area contributed by atoms with E-state index in [-0.39, 0.29) is 11.6 Å². The molecule has 26 heavy (non-hydrogen) atoms. The number of carbonyl (C=O) groups is 1. The first-order chi connectivity index (χ1) is 12.8.